The molecule has 1 aliphatic heterocycles. The van der Waals surface area contributed by atoms with E-state index in [0.717, 1.165) is 30.5 Å². The van der Waals surface area contributed by atoms with Crippen LogP contribution in [-0.2, 0) is 0 Å². The van der Waals surface area contributed by atoms with E-state index in [-0.39, 0.29) is 28.8 Å². The zero-order valence-electron chi connectivity index (χ0n) is 17.3. The van der Waals surface area contributed by atoms with Crippen molar-refractivity contribution >= 4 is 34.1 Å². The molecule has 1 amide bonds. The third-order valence-corrected chi connectivity index (χ3v) is 6.49. The number of hydrogen-bond donors (Lipinski definition) is 1. The number of hydrogen-bond acceptors (Lipinski definition) is 6. The van der Waals surface area contributed by atoms with E-state index >= 15 is 0 Å². The average Bonchev–Trinajstić information content (AvgIpc) is 3.48. The number of fused-ring (bicyclic) bond motifs is 1. The first kappa shape index (κ1) is 21.3. The minimum atomic E-state index is -0.985. The van der Waals surface area contributed by atoms with Crippen LogP contribution in [0.2, 0.25) is 0 Å². The van der Waals surface area contributed by atoms with Crippen LogP contribution in [0.4, 0.5) is 19.0 Å². The number of benzene rings is 2. The second-order valence-electron chi connectivity index (χ2n) is 7.72. The molecule has 2 aromatic carbocycles. The fourth-order valence-corrected chi connectivity index (χ4v) is 4.76. The van der Waals surface area contributed by atoms with Gasteiger partial charge in [-0.2, -0.15) is 0 Å². The van der Waals surface area contributed by atoms with Crippen molar-refractivity contribution in [2.75, 3.05) is 18.4 Å². The summed E-state index contributed by atoms with van der Waals surface area (Å²) < 4.78 is 40.2. The fourth-order valence-electron chi connectivity index (χ4n) is 3.97. The molecule has 4 aromatic rings. The van der Waals surface area contributed by atoms with E-state index in [1.165, 1.54) is 29.7 Å². The molecule has 0 unspecified atom stereocenters. The lowest BCUT2D eigenvalue weighted by atomic mass is 10.1. The number of thiazole rings is 1. The number of carbonyl (C=O) groups excluding carboxylic acids is 1. The minimum absolute atomic E-state index is 0.0947. The van der Waals surface area contributed by atoms with Crippen LogP contribution in [0.1, 0.15) is 23.3 Å². The van der Waals surface area contributed by atoms with E-state index in [9.17, 15) is 18.0 Å². The Morgan fingerprint density at radius 3 is 2.64 bits per heavy atom. The lowest BCUT2D eigenvalue weighted by Crippen LogP contribution is -2.40. The predicted octanol–water partition coefficient (Wildman–Crippen LogP) is 4.89. The molecule has 0 spiro atoms. The summed E-state index contributed by atoms with van der Waals surface area (Å²) in [5.41, 5.74) is 3.20. The number of likely N-dealkylation sites (tertiary alicyclic amines) is 1. The van der Waals surface area contributed by atoms with Crippen molar-refractivity contribution in [3.8, 4) is 10.4 Å². The fraction of sp³-hybridized carbons (Fsp3) is 0.217. The summed E-state index contributed by atoms with van der Waals surface area (Å²) in [7, 11) is 0. The molecular weight excluding hydrogens is 451 g/mol. The number of nitrogens with one attached hydrogen (secondary N) is 1. The molecular formula is C23H18F3N5OS. The molecule has 33 heavy (non-hydrogen) atoms. The van der Waals surface area contributed by atoms with E-state index in [2.05, 4.69) is 20.3 Å². The van der Waals surface area contributed by atoms with Gasteiger partial charge in [0.05, 0.1) is 27.6 Å². The summed E-state index contributed by atoms with van der Waals surface area (Å²) in [4.78, 5) is 28.5. The van der Waals surface area contributed by atoms with Gasteiger partial charge in [-0.1, -0.05) is 12.1 Å². The first-order valence-electron chi connectivity index (χ1n) is 10.4. The molecule has 1 aliphatic rings. The molecule has 1 fully saturated rings. The number of amides is 1. The lowest BCUT2D eigenvalue weighted by molar-refractivity contribution is 0.0739. The molecule has 0 saturated carbocycles. The van der Waals surface area contributed by atoms with Gasteiger partial charge in [-0.3, -0.25) is 9.78 Å². The lowest BCUT2D eigenvalue weighted by Gasteiger charge is -2.25. The van der Waals surface area contributed by atoms with Gasteiger partial charge in [0.15, 0.2) is 11.6 Å². The highest BCUT2D eigenvalue weighted by atomic mass is 32.1. The number of rotatable bonds is 5. The third-order valence-electron chi connectivity index (χ3n) is 5.62. The summed E-state index contributed by atoms with van der Waals surface area (Å²) in [6, 6.07) is 7.90. The Labute approximate surface area is 191 Å². The summed E-state index contributed by atoms with van der Waals surface area (Å²) in [5, 5.41) is 3.15. The van der Waals surface area contributed by atoms with Crippen LogP contribution in [0.3, 0.4) is 0 Å². The van der Waals surface area contributed by atoms with Crippen LogP contribution in [0.15, 0.2) is 48.1 Å². The summed E-state index contributed by atoms with van der Waals surface area (Å²) in [6.07, 6.45) is 3.10. The normalized spacial score (nSPS) is 15.8. The largest absolute Gasteiger partial charge is 0.367 e. The number of carbonyl (C=O) groups is 1. The molecule has 168 valence electrons. The Kier molecular flexibility index (Phi) is 5.67. The molecule has 1 atom stereocenters. The average molecular weight is 469 g/mol. The van der Waals surface area contributed by atoms with Crippen molar-refractivity contribution in [2.45, 2.75) is 18.9 Å². The molecule has 3 heterocycles. The van der Waals surface area contributed by atoms with Crippen molar-refractivity contribution in [3.63, 3.8) is 0 Å². The van der Waals surface area contributed by atoms with E-state index in [1.807, 2.05) is 0 Å². The smallest absolute Gasteiger partial charge is 0.274 e. The van der Waals surface area contributed by atoms with Crippen LogP contribution in [0.5, 0.6) is 0 Å². The van der Waals surface area contributed by atoms with Gasteiger partial charge in [-0.05, 0) is 30.5 Å². The molecule has 1 N–H and O–H groups in total. The zero-order chi connectivity index (χ0) is 22.9. The second-order valence-corrected chi connectivity index (χ2v) is 8.58. The Balaban J connectivity index is 1.31. The Bertz CT molecular complexity index is 1330. The SMILES string of the molecule is O=C(c1ncsc1-c1ccc(F)cc1)N1CCC[C@H]1CNc1cnc2cc(F)c(F)cc2n1. The predicted molar refractivity (Wildman–Crippen MR) is 120 cm³/mol. The topological polar surface area (TPSA) is 71.0 Å². The van der Waals surface area contributed by atoms with Gasteiger partial charge >= 0.3 is 0 Å². The highest BCUT2D eigenvalue weighted by Gasteiger charge is 2.32. The highest BCUT2D eigenvalue weighted by molar-refractivity contribution is 7.13. The van der Waals surface area contributed by atoms with Crippen LogP contribution in [0.25, 0.3) is 21.5 Å². The molecule has 1 saturated heterocycles. The van der Waals surface area contributed by atoms with Crippen molar-refractivity contribution in [3.05, 3.63) is 71.3 Å². The van der Waals surface area contributed by atoms with Crippen molar-refractivity contribution in [1.29, 1.82) is 0 Å². The molecule has 5 rings (SSSR count). The van der Waals surface area contributed by atoms with Crippen LogP contribution >= 0.6 is 11.3 Å². The number of halogens is 3. The first-order chi connectivity index (χ1) is 16.0. The second kappa shape index (κ2) is 8.78. The zero-order valence-corrected chi connectivity index (χ0v) is 18.1. The Morgan fingerprint density at radius 1 is 1.09 bits per heavy atom. The summed E-state index contributed by atoms with van der Waals surface area (Å²) in [6.45, 7) is 1.02. The van der Waals surface area contributed by atoms with E-state index in [1.54, 1.807) is 22.5 Å². The van der Waals surface area contributed by atoms with Crippen molar-refractivity contribution in [2.24, 2.45) is 0 Å². The van der Waals surface area contributed by atoms with Gasteiger partial charge in [0.1, 0.15) is 17.3 Å². The third kappa shape index (κ3) is 4.25. The van der Waals surface area contributed by atoms with Gasteiger partial charge in [-0.25, -0.2) is 23.1 Å². The molecule has 10 heteroatoms. The van der Waals surface area contributed by atoms with E-state index in [0.29, 0.717) is 29.5 Å². The Morgan fingerprint density at radius 2 is 1.85 bits per heavy atom. The van der Waals surface area contributed by atoms with Crippen LogP contribution < -0.4 is 5.32 Å². The number of nitrogens with zero attached hydrogens (tertiary/aromatic N) is 4. The number of anilines is 1. The summed E-state index contributed by atoms with van der Waals surface area (Å²) in [5.74, 6) is -2.07. The molecule has 0 radical (unpaired) electrons. The Hall–Kier alpha value is -3.53. The quantitative estimate of drug-likeness (QED) is 0.451. The standard InChI is InChI=1S/C23H18F3N5OS/c24-14-5-3-13(4-6-14)22-21(29-12-33-22)23(32)31-7-1-2-15(31)10-28-20-11-27-18-8-16(25)17(26)9-19(18)30-20/h3-6,8-9,11-12,15H,1-2,7,10H2,(H,28,30)/t15-/m0/s1. The van der Waals surface area contributed by atoms with Gasteiger partial charge in [0.25, 0.3) is 5.91 Å². The van der Waals surface area contributed by atoms with Gasteiger partial charge in [0, 0.05) is 31.3 Å². The van der Waals surface area contributed by atoms with Crippen molar-refractivity contribution in [1.82, 2.24) is 19.9 Å². The van der Waals surface area contributed by atoms with E-state index in [4.69, 9.17) is 0 Å². The van der Waals surface area contributed by atoms with Gasteiger partial charge < -0.3 is 10.2 Å². The monoisotopic (exact) mass is 469 g/mol. The minimum Gasteiger partial charge on any atom is -0.367 e. The van der Waals surface area contributed by atoms with Crippen molar-refractivity contribution < 1.29 is 18.0 Å². The molecule has 0 bridgehead atoms. The molecule has 0 aliphatic carbocycles. The van der Waals surface area contributed by atoms with Gasteiger partial charge in [-0.15, -0.1) is 11.3 Å². The highest BCUT2D eigenvalue weighted by Crippen LogP contribution is 2.30. The molecule has 2 aromatic heterocycles. The maximum Gasteiger partial charge on any atom is 0.274 e. The van der Waals surface area contributed by atoms with Crippen LogP contribution in [0, 0.1) is 17.5 Å². The molecule has 6 nitrogen and oxygen atoms in total. The first-order valence-corrected chi connectivity index (χ1v) is 11.2. The maximum atomic E-state index is 13.5. The van der Waals surface area contributed by atoms with Crippen LogP contribution in [-0.4, -0.2) is 44.9 Å². The number of aromatic nitrogens is 3. The summed E-state index contributed by atoms with van der Waals surface area (Å²) >= 11 is 1.34. The maximum absolute atomic E-state index is 13.5. The van der Waals surface area contributed by atoms with E-state index < -0.39 is 11.6 Å². The van der Waals surface area contributed by atoms with Gasteiger partial charge in [0.2, 0.25) is 0 Å².